The monoisotopic (exact) mass is 252 g/mol. The van der Waals surface area contributed by atoms with Gasteiger partial charge in [0.15, 0.2) is 0 Å². The summed E-state index contributed by atoms with van der Waals surface area (Å²) in [6, 6.07) is 7.21. The second-order valence-electron chi connectivity index (χ2n) is 4.92. The first-order chi connectivity index (χ1) is 8.13. The molecule has 3 heteroatoms. The van der Waals surface area contributed by atoms with E-state index in [-0.39, 0.29) is 0 Å². The van der Waals surface area contributed by atoms with Crippen molar-refractivity contribution in [3.05, 3.63) is 28.8 Å². The Bertz CT molecular complexity index is 372. The summed E-state index contributed by atoms with van der Waals surface area (Å²) < 4.78 is 0. The predicted molar refractivity (Wildman–Crippen MR) is 75.1 cm³/mol. The summed E-state index contributed by atoms with van der Waals surface area (Å²) in [6.07, 6.45) is 1.16. The van der Waals surface area contributed by atoms with Crippen LogP contribution < -0.4 is 10.2 Å². The van der Waals surface area contributed by atoms with Crippen molar-refractivity contribution in [2.24, 2.45) is 0 Å². The van der Waals surface area contributed by atoms with Crippen molar-refractivity contribution >= 4 is 17.3 Å². The van der Waals surface area contributed by atoms with Crippen LogP contribution in [0.4, 0.5) is 5.69 Å². The van der Waals surface area contributed by atoms with Crippen molar-refractivity contribution < 1.29 is 0 Å². The van der Waals surface area contributed by atoms with Gasteiger partial charge in [0.25, 0.3) is 0 Å². The van der Waals surface area contributed by atoms with E-state index in [0.29, 0.717) is 12.1 Å². The Balaban J connectivity index is 2.30. The van der Waals surface area contributed by atoms with E-state index in [1.54, 1.807) is 0 Å². The summed E-state index contributed by atoms with van der Waals surface area (Å²) in [7, 11) is 0. The molecule has 0 aromatic heterocycles. The van der Waals surface area contributed by atoms with E-state index in [4.69, 9.17) is 11.6 Å². The minimum Gasteiger partial charge on any atom is -0.365 e. The van der Waals surface area contributed by atoms with Gasteiger partial charge in [-0.15, -0.1) is 0 Å². The Morgan fingerprint density at radius 1 is 1.47 bits per heavy atom. The molecule has 2 unspecified atom stereocenters. The van der Waals surface area contributed by atoms with Gasteiger partial charge in [-0.2, -0.15) is 0 Å². The van der Waals surface area contributed by atoms with Crippen LogP contribution in [0.15, 0.2) is 18.2 Å². The maximum absolute atomic E-state index is 6.36. The van der Waals surface area contributed by atoms with Gasteiger partial charge < -0.3 is 10.2 Å². The van der Waals surface area contributed by atoms with Crippen LogP contribution in [-0.4, -0.2) is 25.2 Å². The number of rotatable bonds is 2. The van der Waals surface area contributed by atoms with Crippen molar-refractivity contribution in [3.63, 3.8) is 0 Å². The lowest BCUT2D eigenvalue weighted by atomic mass is 10.0. The number of para-hydroxylation sites is 1. The van der Waals surface area contributed by atoms with Crippen molar-refractivity contribution in [2.75, 3.05) is 18.0 Å². The second kappa shape index (κ2) is 5.28. The summed E-state index contributed by atoms with van der Waals surface area (Å²) in [5.41, 5.74) is 2.47. The minimum atomic E-state index is 0.497. The Morgan fingerprint density at radius 2 is 2.24 bits per heavy atom. The number of aryl methyl sites for hydroxylation is 1. The van der Waals surface area contributed by atoms with Crippen LogP contribution in [0.1, 0.15) is 25.8 Å². The topological polar surface area (TPSA) is 15.3 Å². The Kier molecular flexibility index (Phi) is 3.95. The lowest BCUT2D eigenvalue weighted by Gasteiger charge is -2.41. The van der Waals surface area contributed by atoms with Crippen LogP contribution in [0.3, 0.4) is 0 Å². The highest BCUT2D eigenvalue weighted by Crippen LogP contribution is 2.32. The highest BCUT2D eigenvalue weighted by atomic mass is 35.5. The standard InChI is InChI=1S/C14H21ClN2/c1-4-12-9-17(11(3)8-16-12)14-10(2)6-5-7-13(14)15/h5-7,11-12,16H,4,8-9H2,1-3H3. The Morgan fingerprint density at radius 3 is 2.88 bits per heavy atom. The number of nitrogens with zero attached hydrogens (tertiary/aromatic N) is 1. The van der Waals surface area contributed by atoms with Gasteiger partial charge >= 0.3 is 0 Å². The number of anilines is 1. The lowest BCUT2D eigenvalue weighted by molar-refractivity contribution is 0.397. The molecule has 1 aromatic carbocycles. The van der Waals surface area contributed by atoms with Crippen molar-refractivity contribution in [3.8, 4) is 0 Å². The normalized spacial score (nSPS) is 25.1. The quantitative estimate of drug-likeness (QED) is 0.870. The smallest absolute Gasteiger partial charge is 0.0642 e. The number of halogens is 1. The van der Waals surface area contributed by atoms with Gasteiger partial charge in [-0.05, 0) is 31.9 Å². The third-order valence-corrected chi connectivity index (χ3v) is 3.92. The van der Waals surface area contributed by atoms with Crippen LogP contribution in [0, 0.1) is 6.92 Å². The number of nitrogens with one attached hydrogen (secondary N) is 1. The van der Waals surface area contributed by atoms with Crippen molar-refractivity contribution in [2.45, 2.75) is 39.3 Å². The van der Waals surface area contributed by atoms with Crippen molar-refractivity contribution in [1.82, 2.24) is 5.32 Å². The summed E-state index contributed by atoms with van der Waals surface area (Å²) in [6.45, 7) is 8.69. The molecule has 1 saturated heterocycles. The third kappa shape index (κ3) is 2.58. The van der Waals surface area contributed by atoms with Crippen molar-refractivity contribution in [1.29, 1.82) is 0 Å². The van der Waals surface area contributed by atoms with Gasteiger partial charge in [-0.1, -0.05) is 30.7 Å². The van der Waals surface area contributed by atoms with Gasteiger partial charge in [0.2, 0.25) is 0 Å². The Hall–Kier alpha value is -0.730. The molecule has 1 aromatic rings. The molecule has 0 saturated carbocycles. The summed E-state index contributed by atoms with van der Waals surface area (Å²) in [5.74, 6) is 0. The van der Waals surface area contributed by atoms with E-state index >= 15 is 0 Å². The molecule has 0 aliphatic carbocycles. The Labute approximate surface area is 109 Å². The molecule has 2 nitrogen and oxygen atoms in total. The summed E-state index contributed by atoms with van der Waals surface area (Å²) >= 11 is 6.36. The largest absolute Gasteiger partial charge is 0.365 e. The fourth-order valence-electron chi connectivity index (χ4n) is 2.50. The van der Waals surface area contributed by atoms with Gasteiger partial charge in [-0.3, -0.25) is 0 Å². The van der Waals surface area contributed by atoms with E-state index < -0.39 is 0 Å². The SMILES string of the molecule is CCC1CN(c2c(C)cccc2Cl)C(C)CN1. The molecule has 0 radical (unpaired) electrons. The number of piperazine rings is 1. The second-order valence-corrected chi connectivity index (χ2v) is 5.33. The molecule has 1 heterocycles. The number of hydrogen-bond donors (Lipinski definition) is 1. The molecule has 0 amide bonds. The first-order valence-corrected chi connectivity index (χ1v) is 6.76. The molecule has 0 spiro atoms. The summed E-state index contributed by atoms with van der Waals surface area (Å²) in [5, 5.41) is 4.44. The van der Waals surface area contributed by atoms with Crippen LogP contribution >= 0.6 is 11.6 Å². The number of benzene rings is 1. The molecular formula is C14H21ClN2. The molecule has 2 rings (SSSR count). The zero-order valence-electron chi connectivity index (χ0n) is 10.8. The van der Waals surface area contributed by atoms with Gasteiger partial charge in [-0.25, -0.2) is 0 Å². The molecule has 94 valence electrons. The molecule has 1 N–H and O–H groups in total. The fraction of sp³-hybridized carbons (Fsp3) is 0.571. The number of hydrogen-bond acceptors (Lipinski definition) is 2. The first-order valence-electron chi connectivity index (χ1n) is 6.38. The van der Waals surface area contributed by atoms with E-state index in [1.165, 1.54) is 11.3 Å². The maximum Gasteiger partial charge on any atom is 0.0642 e. The highest BCUT2D eigenvalue weighted by molar-refractivity contribution is 6.33. The average Bonchev–Trinajstić information content (AvgIpc) is 2.31. The van der Waals surface area contributed by atoms with Crippen LogP contribution in [0.2, 0.25) is 5.02 Å². The van der Waals surface area contributed by atoms with Gasteiger partial charge in [0.1, 0.15) is 0 Å². The molecular weight excluding hydrogens is 232 g/mol. The fourth-order valence-corrected chi connectivity index (χ4v) is 2.83. The molecule has 1 aliphatic rings. The third-order valence-electron chi connectivity index (χ3n) is 3.62. The van der Waals surface area contributed by atoms with Crippen LogP contribution in [0.25, 0.3) is 0 Å². The van der Waals surface area contributed by atoms with Gasteiger partial charge in [0.05, 0.1) is 10.7 Å². The molecule has 1 aliphatic heterocycles. The van der Waals surface area contributed by atoms with Crippen LogP contribution in [-0.2, 0) is 0 Å². The van der Waals surface area contributed by atoms with E-state index in [2.05, 4.69) is 37.1 Å². The molecule has 2 atom stereocenters. The molecule has 1 fully saturated rings. The van der Waals surface area contributed by atoms with Gasteiger partial charge in [0, 0.05) is 25.2 Å². The average molecular weight is 253 g/mol. The zero-order chi connectivity index (χ0) is 12.4. The highest BCUT2D eigenvalue weighted by Gasteiger charge is 2.26. The van der Waals surface area contributed by atoms with E-state index in [1.807, 2.05) is 12.1 Å². The summed E-state index contributed by atoms with van der Waals surface area (Å²) in [4.78, 5) is 2.45. The van der Waals surface area contributed by atoms with Crippen LogP contribution in [0.5, 0.6) is 0 Å². The molecule has 0 bridgehead atoms. The van der Waals surface area contributed by atoms with E-state index in [0.717, 1.165) is 24.5 Å². The zero-order valence-corrected chi connectivity index (χ0v) is 11.6. The minimum absolute atomic E-state index is 0.497. The first kappa shape index (κ1) is 12.7. The van der Waals surface area contributed by atoms with E-state index in [9.17, 15) is 0 Å². The predicted octanol–water partition coefficient (Wildman–Crippen LogP) is 3.23. The maximum atomic E-state index is 6.36. The molecule has 17 heavy (non-hydrogen) atoms. The lowest BCUT2D eigenvalue weighted by Crippen LogP contribution is -2.55.